The van der Waals surface area contributed by atoms with Crippen molar-refractivity contribution in [2.24, 2.45) is 0 Å². The maximum Gasteiger partial charge on any atom is 0.231 e. The molecule has 3 aromatic rings. The van der Waals surface area contributed by atoms with E-state index >= 15 is 0 Å². The van der Waals surface area contributed by atoms with Crippen LogP contribution in [0.15, 0.2) is 57.5 Å². The van der Waals surface area contributed by atoms with Crippen molar-refractivity contribution >= 4 is 15.9 Å². The first kappa shape index (κ1) is 12.9. The highest BCUT2D eigenvalue weighted by molar-refractivity contribution is 9.10. The van der Waals surface area contributed by atoms with Gasteiger partial charge in [-0.3, -0.25) is 0 Å². The van der Waals surface area contributed by atoms with Crippen LogP contribution in [0.3, 0.4) is 0 Å². The second kappa shape index (κ2) is 5.46. The fourth-order valence-electron chi connectivity index (χ4n) is 1.89. The van der Waals surface area contributed by atoms with Crippen LogP contribution in [0, 0.1) is 0 Å². The Hall–Kier alpha value is -2.14. The van der Waals surface area contributed by atoms with Gasteiger partial charge in [-0.1, -0.05) is 51.4 Å². The zero-order valence-electron chi connectivity index (χ0n) is 10.5. The molecule has 0 saturated heterocycles. The predicted octanol–water partition coefficient (Wildman–Crippen LogP) is 3.80. The van der Waals surface area contributed by atoms with E-state index < -0.39 is 0 Å². The minimum atomic E-state index is 0.231. The maximum absolute atomic E-state index is 9.74. The summed E-state index contributed by atoms with van der Waals surface area (Å²) in [6.45, 7) is 0. The molecule has 1 heterocycles. The fourth-order valence-corrected chi connectivity index (χ4v) is 2.29. The van der Waals surface area contributed by atoms with Gasteiger partial charge in [0.05, 0.1) is 6.42 Å². The van der Waals surface area contributed by atoms with Crippen LogP contribution in [0.4, 0.5) is 0 Å². The highest BCUT2D eigenvalue weighted by atomic mass is 79.9. The number of nitrogens with zero attached hydrogens (tertiary/aromatic N) is 2. The largest absolute Gasteiger partial charge is 0.508 e. The van der Waals surface area contributed by atoms with Gasteiger partial charge in [-0.2, -0.15) is 4.98 Å². The lowest BCUT2D eigenvalue weighted by Crippen LogP contribution is -1.89. The topological polar surface area (TPSA) is 59.2 Å². The maximum atomic E-state index is 9.74. The van der Waals surface area contributed by atoms with Gasteiger partial charge in [0.15, 0.2) is 0 Å². The number of aromatic hydroxyl groups is 1. The zero-order valence-corrected chi connectivity index (χ0v) is 12.0. The molecular weight excluding hydrogens is 320 g/mol. The molecule has 0 aliphatic rings. The van der Waals surface area contributed by atoms with Crippen LogP contribution >= 0.6 is 15.9 Å². The van der Waals surface area contributed by atoms with E-state index in [9.17, 15) is 5.11 Å². The molecule has 100 valence electrons. The van der Waals surface area contributed by atoms with Crippen LogP contribution in [-0.2, 0) is 6.42 Å². The molecule has 0 amide bonds. The van der Waals surface area contributed by atoms with E-state index in [2.05, 4.69) is 26.1 Å². The Bertz CT molecular complexity index is 740. The van der Waals surface area contributed by atoms with Gasteiger partial charge in [-0.25, -0.2) is 0 Å². The van der Waals surface area contributed by atoms with Crippen LogP contribution < -0.4 is 0 Å². The lowest BCUT2D eigenvalue weighted by molar-refractivity contribution is 0.383. The normalized spacial score (nSPS) is 10.7. The van der Waals surface area contributed by atoms with Crippen molar-refractivity contribution in [3.8, 4) is 17.1 Å². The molecule has 1 aromatic heterocycles. The van der Waals surface area contributed by atoms with Crippen molar-refractivity contribution in [2.75, 3.05) is 0 Å². The van der Waals surface area contributed by atoms with E-state index in [1.54, 1.807) is 12.1 Å². The van der Waals surface area contributed by atoms with E-state index in [1.807, 2.05) is 36.4 Å². The number of phenolic OH excluding ortho intramolecular Hbond substituents is 1. The number of halogens is 1. The molecule has 0 radical (unpaired) electrons. The van der Waals surface area contributed by atoms with E-state index in [0.717, 1.165) is 15.6 Å². The minimum absolute atomic E-state index is 0.231. The molecule has 0 atom stereocenters. The lowest BCUT2D eigenvalue weighted by atomic mass is 10.1. The van der Waals surface area contributed by atoms with Gasteiger partial charge >= 0.3 is 0 Å². The number of hydrogen-bond donors (Lipinski definition) is 1. The van der Waals surface area contributed by atoms with Gasteiger partial charge in [0.25, 0.3) is 0 Å². The summed E-state index contributed by atoms with van der Waals surface area (Å²) in [6.07, 6.45) is 0.410. The van der Waals surface area contributed by atoms with Crippen molar-refractivity contribution in [3.63, 3.8) is 0 Å². The number of para-hydroxylation sites is 1. The Morgan fingerprint density at radius 3 is 2.75 bits per heavy atom. The fraction of sp³-hybridized carbons (Fsp3) is 0.0667. The average molecular weight is 331 g/mol. The second-order valence-electron chi connectivity index (χ2n) is 4.33. The van der Waals surface area contributed by atoms with Crippen LogP contribution in [0.5, 0.6) is 5.75 Å². The van der Waals surface area contributed by atoms with Crippen LogP contribution in [-0.4, -0.2) is 15.2 Å². The quantitative estimate of drug-likeness (QED) is 0.793. The number of hydrogen-bond acceptors (Lipinski definition) is 4. The van der Waals surface area contributed by atoms with Gasteiger partial charge in [-0.15, -0.1) is 0 Å². The van der Waals surface area contributed by atoms with Gasteiger partial charge in [-0.05, 0) is 18.2 Å². The lowest BCUT2D eigenvalue weighted by Gasteiger charge is -1.99. The molecule has 2 aromatic carbocycles. The van der Waals surface area contributed by atoms with Crippen LogP contribution in [0.2, 0.25) is 0 Å². The van der Waals surface area contributed by atoms with Crippen molar-refractivity contribution < 1.29 is 9.63 Å². The minimum Gasteiger partial charge on any atom is -0.508 e. The molecule has 0 bridgehead atoms. The molecule has 3 rings (SSSR count). The Morgan fingerprint density at radius 2 is 1.95 bits per heavy atom. The Labute approximate surface area is 124 Å². The molecule has 1 N–H and O–H groups in total. The Morgan fingerprint density at radius 1 is 1.10 bits per heavy atom. The SMILES string of the molecule is Oc1ccccc1Cc1nc(-c2cccc(Br)c2)no1. The van der Waals surface area contributed by atoms with Gasteiger partial charge in [0.2, 0.25) is 11.7 Å². The third-order valence-corrected chi connectivity index (χ3v) is 3.38. The molecule has 0 saturated carbocycles. The smallest absolute Gasteiger partial charge is 0.231 e. The first-order valence-electron chi connectivity index (χ1n) is 6.08. The highest BCUT2D eigenvalue weighted by Gasteiger charge is 2.11. The standard InChI is InChI=1S/C15H11BrN2O2/c16-12-6-3-5-11(8-12)15-17-14(20-18-15)9-10-4-1-2-7-13(10)19/h1-8,19H,9H2. The third kappa shape index (κ3) is 2.72. The Balaban J connectivity index is 1.86. The number of benzene rings is 2. The molecule has 0 fully saturated rings. The summed E-state index contributed by atoms with van der Waals surface area (Å²) >= 11 is 3.41. The monoisotopic (exact) mass is 330 g/mol. The number of aromatic nitrogens is 2. The van der Waals surface area contributed by atoms with Crippen LogP contribution in [0.25, 0.3) is 11.4 Å². The summed E-state index contributed by atoms with van der Waals surface area (Å²) in [4.78, 5) is 4.35. The van der Waals surface area contributed by atoms with Crippen molar-refractivity contribution in [2.45, 2.75) is 6.42 Å². The molecular formula is C15H11BrN2O2. The summed E-state index contributed by atoms with van der Waals surface area (Å²) in [7, 11) is 0. The van der Waals surface area contributed by atoms with E-state index in [4.69, 9.17) is 4.52 Å². The van der Waals surface area contributed by atoms with E-state index in [-0.39, 0.29) is 5.75 Å². The van der Waals surface area contributed by atoms with Crippen molar-refractivity contribution in [1.29, 1.82) is 0 Å². The predicted molar refractivity (Wildman–Crippen MR) is 78.3 cm³/mol. The Kier molecular flexibility index (Phi) is 3.52. The molecule has 0 unspecified atom stereocenters. The molecule has 4 nitrogen and oxygen atoms in total. The summed E-state index contributed by atoms with van der Waals surface area (Å²) in [5, 5.41) is 13.7. The molecule has 0 aliphatic carbocycles. The number of phenols is 1. The van der Waals surface area contributed by atoms with E-state index in [1.165, 1.54) is 0 Å². The van der Waals surface area contributed by atoms with E-state index in [0.29, 0.717) is 18.1 Å². The van der Waals surface area contributed by atoms with Gasteiger partial charge in [0.1, 0.15) is 5.75 Å². The van der Waals surface area contributed by atoms with Gasteiger partial charge in [0, 0.05) is 15.6 Å². The van der Waals surface area contributed by atoms with Crippen molar-refractivity contribution in [3.05, 3.63) is 64.5 Å². The van der Waals surface area contributed by atoms with Crippen LogP contribution in [0.1, 0.15) is 11.5 Å². The second-order valence-corrected chi connectivity index (χ2v) is 5.24. The first-order chi connectivity index (χ1) is 9.72. The summed E-state index contributed by atoms with van der Waals surface area (Å²) in [6, 6.07) is 14.8. The molecule has 0 spiro atoms. The number of rotatable bonds is 3. The first-order valence-corrected chi connectivity index (χ1v) is 6.87. The average Bonchev–Trinajstić information content (AvgIpc) is 2.90. The molecule has 0 aliphatic heterocycles. The highest BCUT2D eigenvalue weighted by Crippen LogP contribution is 2.23. The summed E-state index contributed by atoms with van der Waals surface area (Å²) < 4.78 is 6.19. The molecule has 20 heavy (non-hydrogen) atoms. The zero-order chi connectivity index (χ0) is 13.9. The summed E-state index contributed by atoms with van der Waals surface area (Å²) in [5.74, 6) is 1.24. The van der Waals surface area contributed by atoms with Gasteiger partial charge < -0.3 is 9.63 Å². The molecule has 5 heteroatoms. The summed E-state index contributed by atoms with van der Waals surface area (Å²) in [5.41, 5.74) is 1.64. The third-order valence-electron chi connectivity index (χ3n) is 2.88. The van der Waals surface area contributed by atoms with Crippen molar-refractivity contribution in [1.82, 2.24) is 10.1 Å².